The van der Waals surface area contributed by atoms with Crippen molar-refractivity contribution in [2.45, 2.75) is 19.3 Å². The maximum absolute atomic E-state index is 11.7. The van der Waals surface area contributed by atoms with Gasteiger partial charge in [0.2, 0.25) is 11.8 Å². The summed E-state index contributed by atoms with van der Waals surface area (Å²) >= 11 is 0. The maximum Gasteiger partial charge on any atom is 0.307 e. The number of esters is 1. The molecule has 2 aliphatic rings. The molecule has 0 bridgehead atoms. The van der Waals surface area contributed by atoms with Gasteiger partial charge in [-0.05, 0) is 0 Å². The molecular formula is C19H36N4O6. The van der Waals surface area contributed by atoms with Gasteiger partial charge in [-0.2, -0.15) is 0 Å². The molecule has 0 spiro atoms. The minimum Gasteiger partial charge on any atom is -0.469 e. The lowest BCUT2D eigenvalue weighted by molar-refractivity contribution is -0.141. The zero-order valence-electron chi connectivity index (χ0n) is 17.7. The molecule has 29 heavy (non-hydrogen) atoms. The van der Waals surface area contributed by atoms with Gasteiger partial charge in [-0.3, -0.25) is 14.4 Å². The summed E-state index contributed by atoms with van der Waals surface area (Å²) in [6.45, 7) is 7.94. The lowest BCUT2D eigenvalue weighted by atomic mass is 10.3. The van der Waals surface area contributed by atoms with Crippen molar-refractivity contribution in [3.05, 3.63) is 0 Å². The second kappa shape index (κ2) is 16.1. The highest BCUT2D eigenvalue weighted by Gasteiger charge is 2.16. The van der Waals surface area contributed by atoms with Crippen molar-refractivity contribution in [3.63, 3.8) is 0 Å². The molecule has 2 heterocycles. The fraction of sp³-hybridized carbons (Fsp3) is 0.842. The molecule has 0 aromatic rings. The summed E-state index contributed by atoms with van der Waals surface area (Å²) in [6.07, 6.45) is 1.12. The number of hydrogen-bond donors (Lipinski definition) is 2. The lowest BCUT2D eigenvalue weighted by Crippen LogP contribution is -2.46. The number of methoxy groups -OCH3 is 2. The van der Waals surface area contributed by atoms with E-state index in [9.17, 15) is 14.4 Å². The summed E-state index contributed by atoms with van der Waals surface area (Å²) < 4.78 is 14.5. The molecule has 0 atom stereocenters. The molecule has 2 rings (SSSR count). The highest BCUT2D eigenvalue weighted by molar-refractivity contribution is 5.76. The van der Waals surface area contributed by atoms with Gasteiger partial charge in [-0.25, -0.2) is 0 Å². The molecule has 0 aromatic heterocycles. The first-order valence-corrected chi connectivity index (χ1v) is 10.2. The average molecular weight is 417 g/mol. The van der Waals surface area contributed by atoms with Crippen molar-refractivity contribution in [2.24, 2.45) is 0 Å². The first-order chi connectivity index (χ1) is 14.1. The largest absolute Gasteiger partial charge is 0.469 e. The normalized spacial score (nSPS) is 16.6. The van der Waals surface area contributed by atoms with Gasteiger partial charge in [0.1, 0.15) is 0 Å². The summed E-state index contributed by atoms with van der Waals surface area (Å²) in [5.41, 5.74) is 0. The Morgan fingerprint density at radius 2 is 1.17 bits per heavy atom. The van der Waals surface area contributed by atoms with Gasteiger partial charge in [0, 0.05) is 59.5 Å². The van der Waals surface area contributed by atoms with Crippen LogP contribution in [0.2, 0.25) is 0 Å². The minimum absolute atomic E-state index is 0.115. The predicted molar refractivity (Wildman–Crippen MR) is 107 cm³/mol. The fourth-order valence-electron chi connectivity index (χ4n) is 2.85. The summed E-state index contributed by atoms with van der Waals surface area (Å²) in [7, 11) is 2.96. The van der Waals surface area contributed by atoms with Gasteiger partial charge < -0.3 is 34.6 Å². The first kappa shape index (κ1) is 25.3. The molecule has 10 nitrogen and oxygen atoms in total. The number of ether oxygens (including phenoxy) is 3. The molecule has 2 amide bonds. The van der Waals surface area contributed by atoms with E-state index in [1.807, 2.05) is 9.80 Å². The molecule has 0 radical (unpaired) electrons. The molecule has 10 heteroatoms. The Hall–Kier alpha value is -1.75. The highest BCUT2D eigenvalue weighted by atomic mass is 16.5. The SMILES string of the molecule is COC(=O)CCOCCC(=O)N1CCNCC1.COCCC(=O)N1CCNCC1. The van der Waals surface area contributed by atoms with Gasteiger partial charge in [0.05, 0.1) is 46.2 Å². The molecule has 168 valence electrons. The molecule has 0 saturated carbocycles. The Labute approximate surface area is 173 Å². The fourth-order valence-corrected chi connectivity index (χ4v) is 2.85. The van der Waals surface area contributed by atoms with Crippen LogP contribution in [0, 0.1) is 0 Å². The Balaban J connectivity index is 0.000000308. The average Bonchev–Trinajstić information content (AvgIpc) is 2.78. The monoisotopic (exact) mass is 416 g/mol. The smallest absolute Gasteiger partial charge is 0.307 e. The van der Waals surface area contributed by atoms with E-state index in [2.05, 4.69) is 15.4 Å². The van der Waals surface area contributed by atoms with Crippen LogP contribution in [0.3, 0.4) is 0 Å². The van der Waals surface area contributed by atoms with Crippen molar-refractivity contribution in [1.29, 1.82) is 0 Å². The van der Waals surface area contributed by atoms with Gasteiger partial charge in [-0.1, -0.05) is 0 Å². The van der Waals surface area contributed by atoms with Gasteiger partial charge in [0.25, 0.3) is 0 Å². The Morgan fingerprint density at radius 1 is 0.724 bits per heavy atom. The van der Waals surface area contributed by atoms with E-state index < -0.39 is 0 Å². The summed E-state index contributed by atoms with van der Waals surface area (Å²) in [4.78, 5) is 37.5. The van der Waals surface area contributed by atoms with Crippen LogP contribution in [0.25, 0.3) is 0 Å². The van der Waals surface area contributed by atoms with E-state index in [1.54, 1.807) is 7.11 Å². The van der Waals surface area contributed by atoms with Crippen molar-refractivity contribution in [1.82, 2.24) is 20.4 Å². The second-order valence-electron chi connectivity index (χ2n) is 6.69. The van der Waals surface area contributed by atoms with Crippen LogP contribution >= 0.6 is 0 Å². The van der Waals surface area contributed by atoms with Crippen molar-refractivity contribution < 1.29 is 28.6 Å². The number of carbonyl (C=O) groups is 3. The molecule has 2 fully saturated rings. The number of nitrogens with zero attached hydrogens (tertiary/aromatic N) is 2. The van der Waals surface area contributed by atoms with E-state index in [-0.39, 0.29) is 24.2 Å². The molecule has 0 aliphatic carbocycles. The van der Waals surface area contributed by atoms with Crippen molar-refractivity contribution in [2.75, 3.05) is 86.4 Å². The van der Waals surface area contributed by atoms with Crippen LogP contribution in [0.1, 0.15) is 19.3 Å². The number of amides is 2. The zero-order chi connectivity index (χ0) is 21.3. The highest BCUT2D eigenvalue weighted by Crippen LogP contribution is 1.98. The summed E-state index contributed by atoms with van der Waals surface area (Å²) in [6, 6.07) is 0. The van der Waals surface area contributed by atoms with Crippen LogP contribution in [0.15, 0.2) is 0 Å². The van der Waals surface area contributed by atoms with Crippen molar-refractivity contribution in [3.8, 4) is 0 Å². The van der Waals surface area contributed by atoms with Gasteiger partial charge >= 0.3 is 5.97 Å². The zero-order valence-corrected chi connectivity index (χ0v) is 17.7. The maximum atomic E-state index is 11.7. The van der Waals surface area contributed by atoms with E-state index in [1.165, 1.54) is 7.11 Å². The molecule has 2 N–H and O–H groups in total. The Morgan fingerprint density at radius 3 is 1.62 bits per heavy atom. The summed E-state index contributed by atoms with van der Waals surface area (Å²) in [5.74, 6) is 0.0290. The third kappa shape index (κ3) is 11.7. The molecule has 0 unspecified atom stereocenters. The topological polar surface area (TPSA) is 109 Å². The van der Waals surface area contributed by atoms with Gasteiger partial charge in [0.15, 0.2) is 0 Å². The van der Waals surface area contributed by atoms with Gasteiger partial charge in [-0.15, -0.1) is 0 Å². The first-order valence-electron chi connectivity index (χ1n) is 10.2. The lowest BCUT2D eigenvalue weighted by Gasteiger charge is -2.27. The molecule has 2 saturated heterocycles. The number of nitrogens with one attached hydrogen (secondary N) is 2. The third-order valence-corrected chi connectivity index (χ3v) is 4.60. The van der Waals surface area contributed by atoms with Crippen LogP contribution in [-0.2, 0) is 28.6 Å². The van der Waals surface area contributed by atoms with Crippen LogP contribution in [-0.4, -0.2) is 114 Å². The quantitative estimate of drug-likeness (QED) is 0.358. The Bertz CT molecular complexity index is 479. The Kier molecular flexibility index (Phi) is 14.0. The second-order valence-corrected chi connectivity index (χ2v) is 6.69. The van der Waals surface area contributed by atoms with Crippen molar-refractivity contribution >= 4 is 17.8 Å². The molecule has 0 aromatic carbocycles. The summed E-state index contributed by atoms with van der Waals surface area (Å²) in [5, 5.41) is 6.39. The van der Waals surface area contributed by atoms with E-state index in [4.69, 9.17) is 9.47 Å². The third-order valence-electron chi connectivity index (χ3n) is 4.60. The number of carbonyl (C=O) groups excluding carboxylic acids is 3. The number of hydrogen-bond acceptors (Lipinski definition) is 8. The van der Waals surface area contributed by atoms with Crippen LogP contribution < -0.4 is 10.6 Å². The van der Waals surface area contributed by atoms with Crippen LogP contribution in [0.5, 0.6) is 0 Å². The molecule has 2 aliphatic heterocycles. The van der Waals surface area contributed by atoms with E-state index >= 15 is 0 Å². The predicted octanol–water partition coefficient (Wildman–Crippen LogP) is -1.16. The molecular weight excluding hydrogens is 380 g/mol. The number of piperazine rings is 2. The van der Waals surface area contributed by atoms with Crippen LogP contribution in [0.4, 0.5) is 0 Å². The van der Waals surface area contributed by atoms with E-state index in [0.29, 0.717) is 32.7 Å². The van der Waals surface area contributed by atoms with E-state index in [0.717, 1.165) is 52.4 Å². The standard InChI is InChI=1S/C11H20N2O4.C8H16N2O2/c1-16-11(15)3-9-17-8-2-10(14)13-6-4-12-5-7-13;1-12-7-2-8(11)10-5-3-9-4-6-10/h12H,2-9H2,1H3;9H,2-7H2,1H3. The number of rotatable bonds is 9. The minimum atomic E-state index is -0.293.